The van der Waals surface area contributed by atoms with Crippen molar-refractivity contribution in [1.29, 1.82) is 0 Å². The van der Waals surface area contributed by atoms with E-state index in [4.69, 9.17) is 0 Å². The zero-order valence-corrected chi connectivity index (χ0v) is 10.2. The minimum absolute atomic E-state index is 0.284. The molecule has 1 aromatic rings. The standard InChI is InChI=1S/C13H22N2/c1-5-15-12(13(2,3)4)9-11-7-6-8-14-10-11/h6-8,10,12,15H,5,9H2,1-4H3. The van der Waals surface area contributed by atoms with Crippen LogP contribution in [0.15, 0.2) is 24.5 Å². The largest absolute Gasteiger partial charge is 0.313 e. The second-order valence-electron chi connectivity index (χ2n) is 5.04. The van der Waals surface area contributed by atoms with Gasteiger partial charge in [-0.2, -0.15) is 0 Å². The molecule has 0 bridgehead atoms. The summed E-state index contributed by atoms with van der Waals surface area (Å²) in [6, 6.07) is 4.65. The molecule has 0 aromatic carbocycles. The summed E-state index contributed by atoms with van der Waals surface area (Å²) in [6.45, 7) is 9.99. The quantitative estimate of drug-likeness (QED) is 0.819. The summed E-state index contributed by atoms with van der Waals surface area (Å²) in [4.78, 5) is 4.15. The van der Waals surface area contributed by atoms with E-state index in [9.17, 15) is 0 Å². The topological polar surface area (TPSA) is 24.9 Å². The van der Waals surface area contributed by atoms with Crippen molar-refractivity contribution in [3.8, 4) is 0 Å². The highest BCUT2D eigenvalue weighted by molar-refractivity contribution is 5.11. The van der Waals surface area contributed by atoms with Crippen LogP contribution in [-0.2, 0) is 6.42 Å². The third kappa shape index (κ3) is 4.00. The average Bonchev–Trinajstić information content (AvgIpc) is 2.17. The Kier molecular flexibility index (Phi) is 4.28. The van der Waals surface area contributed by atoms with E-state index in [0.29, 0.717) is 6.04 Å². The molecule has 15 heavy (non-hydrogen) atoms. The van der Waals surface area contributed by atoms with Crippen molar-refractivity contribution in [3.63, 3.8) is 0 Å². The van der Waals surface area contributed by atoms with Crippen LogP contribution in [0.3, 0.4) is 0 Å². The van der Waals surface area contributed by atoms with Crippen molar-refractivity contribution in [1.82, 2.24) is 10.3 Å². The van der Waals surface area contributed by atoms with E-state index in [1.165, 1.54) is 5.56 Å². The van der Waals surface area contributed by atoms with Gasteiger partial charge < -0.3 is 5.32 Å². The molecule has 1 aromatic heterocycles. The Morgan fingerprint density at radius 1 is 1.40 bits per heavy atom. The molecule has 2 nitrogen and oxygen atoms in total. The van der Waals surface area contributed by atoms with Crippen LogP contribution in [0.1, 0.15) is 33.3 Å². The van der Waals surface area contributed by atoms with Crippen LogP contribution in [0, 0.1) is 5.41 Å². The van der Waals surface area contributed by atoms with Crippen LogP contribution in [-0.4, -0.2) is 17.6 Å². The zero-order valence-electron chi connectivity index (χ0n) is 10.2. The van der Waals surface area contributed by atoms with E-state index in [0.717, 1.165) is 13.0 Å². The molecule has 1 unspecified atom stereocenters. The van der Waals surface area contributed by atoms with E-state index >= 15 is 0 Å². The fourth-order valence-electron chi connectivity index (χ4n) is 1.69. The van der Waals surface area contributed by atoms with Crippen molar-refractivity contribution in [2.45, 2.75) is 40.2 Å². The normalized spacial score (nSPS) is 13.9. The van der Waals surface area contributed by atoms with Gasteiger partial charge in [-0.05, 0) is 30.0 Å². The molecule has 0 aliphatic carbocycles. The first kappa shape index (κ1) is 12.2. The Hall–Kier alpha value is -0.890. The van der Waals surface area contributed by atoms with Gasteiger partial charge in [0.25, 0.3) is 0 Å². The predicted octanol–water partition coefficient (Wildman–Crippen LogP) is 2.65. The zero-order chi connectivity index (χ0) is 11.3. The highest BCUT2D eigenvalue weighted by Crippen LogP contribution is 2.22. The van der Waals surface area contributed by atoms with Gasteiger partial charge in [-0.1, -0.05) is 33.8 Å². The summed E-state index contributed by atoms with van der Waals surface area (Å²) in [5.41, 5.74) is 1.59. The molecule has 84 valence electrons. The SMILES string of the molecule is CCNC(Cc1cccnc1)C(C)(C)C. The smallest absolute Gasteiger partial charge is 0.0300 e. The number of likely N-dealkylation sites (N-methyl/N-ethyl adjacent to an activating group) is 1. The highest BCUT2D eigenvalue weighted by Gasteiger charge is 2.23. The third-order valence-electron chi connectivity index (χ3n) is 2.66. The molecule has 0 amide bonds. The summed E-state index contributed by atoms with van der Waals surface area (Å²) in [7, 11) is 0. The third-order valence-corrected chi connectivity index (χ3v) is 2.66. The molecule has 0 spiro atoms. The lowest BCUT2D eigenvalue weighted by Crippen LogP contribution is -2.41. The van der Waals surface area contributed by atoms with E-state index in [-0.39, 0.29) is 5.41 Å². The summed E-state index contributed by atoms with van der Waals surface area (Å²) in [5.74, 6) is 0. The second-order valence-corrected chi connectivity index (χ2v) is 5.04. The van der Waals surface area contributed by atoms with Crippen LogP contribution in [0.4, 0.5) is 0 Å². The van der Waals surface area contributed by atoms with E-state index < -0.39 is 0 Å². The Bertz CT molecular complexity index is 274. The molecule has 1 rings (SSSR count). The van der Waals surface area contributed by atoms with Gasteiger partial charge >= 0.3 is 0 Å². The second kappa shape index (κ2) is 5.26. The van der Waals surface area contributed by atoms with Crippen molar-refractivity contribution >= 4 is 0 Å². The first-order valence-electron chi connectivity index (χ1n) is 5.66. The molecule has 0 aliphatic heterocycles. The Balaban J connectivity index is 2.67. The number of aromatic nitrogens is 1. The van der Waals surface area contributed by atoms with E-state index in [2.05, 4.69) is 44.1 Å². The molecular weight excluding hydrogens is 184 g/mol. The maximum atomic E-state index is 4.15. The number of nitrogens with zero attached hydrogens (tertiary/aromatic N) is 1. The number of hydrogen-bond acceptors (Lipinski definition) is 2. The molecule has 0 aliphatic rings. The summed E-state index contributed by atoms with van der Waals surface area (Å²) in [6.07, 6.45) is 4.82. The fourth-order valence-corrected chi connectivity index (χ4v) is 1.69. The number of nitrogens with one attached hydrogen (secondary N) is 1. The highest BCUT2D eigenvalue weighted by atomic mass is 14.9. The lowest BCUT2D eigenvalue weighted by Gasteiger charge is -2.31. The molecule has 2 heteroatoms. The summed E-state index contributed by atoms with van der Waals surface area (Å²) in [5, 5.41) is 3.54. The predicted molar refractivity (Wildman–Crippen MR) is 64.9 cm³/mol. The van der Waals surface area contributed by atoms with E-state index in [1.54, 1.807) is 0 Å². The first-order valence-corrected chi connectivity index (χ1v) is 5.66. The number of rotatable bonds is 4. The summed E-state index contributed by atoms with van der Waals surface area (Å²) < 4.78 is 0. The van der Waals surface area contributed by atoms with Crippen LogP contribution < -0.4 is 5.32 Å². The van der Waals surface area contributed by atoms with Crippen LogP contribution in [0.2, 0.25) is 0 Å². The number of hydrogen-bond donors (Lipinski definition) is 1. The fraction of sp³-hybridized carbons (Fsp3) is 0.615. The van der Waals surface area contributed by atoms with Crippen molar-refractivity contribution < 1.29 is 0 Å². The lowest BCUT2D eigenvalue weighted by atomic mass is 9.83. The maximum Gasteiger partial charge on any atom is 0.0300 e. The van der Waals surface area contributed by atoms with Crippen molar-refractivity contribution in [2.24, 2.45) is 5.41 Å². The van der Waals surface area contributed by atoms with Gasteiger partial charge in [0.1, 0.15) is 0 Å². The lowest BCUT2D eigenvalue weighted by molar-refractivity contribution is 0.270. The average molecular weight is 206 g/mol. The van der Waals surface area contributed by atoms with Gasteiger partial charge in [0, 0.05) is 18.4 Å². The van der Waals surface area contributed by atoms with Crippen LogP contribution >= 0.6 is 0 Å². The van der Waals surface area contributed by atoms with Gasteiger partial charge in [0.05, 0.1) is 0 Å². The Labute approximate surface area is 93.1 Å². The van der Waals surface area contributed by atoms with Crippen molar-refractivity contribution in [3.05, 3.63) is 30.1 Å². The molecular formula is C13H22N2. The molecule has 0 radical (unpaired) electrons. The Morgan fingerprint density at radius 2 is 2.13 bits per heavy atom. The molecule has 0 saturated heterocycles. The molecule has 1 heterocycles. The van der Waals surface area contributed by atoms with Crippen LogP contribution in [0.5, 0.6) is 0 Å². The van der Waals surface area contributed by atoms with Gasteiger partial charge in [0.15, 0.2) is 0 Å². The van der Waals surface area contributed by atoms with Crippen LogP contribution in [0.25, 0.3) is 0 Å². The maximum absolute atomic E-state index is 4.15. The van der Waals surface area contributed by atoms with Gasteiger partial charge in [-0.15, -0.1) is 0 Å². The molecule has 1 atom stereocenters. The number of pyridine rings is 1. The molecule has 1 N–H and O–H groups in total. The minimum Gasteiger partial charge on any atom is -0.313 e. The molecule has 0 saturated carbocycles. The van der Waals surface area contributed by atoms with Gasteiger partial charge in [0.2, 0.25) is 0 Å². The van der Waals surface area contributed by atoms with Gasteiger partial charge in [-0.3, -0.25) is 4.98 Å². The minimum atomic E-state index is 0.284. The molecule has 0 fully saturated rings. The van der Waals surface area contributed by atoms with Gasteiger partial charge in [-0.25, -0.2) is 0 Å². The Morgan fingerprint density at radius 3 is 2.60 bits per heavy atom. The monoisotopic (exact) mass is 206 g/mol. The van der Waals surface area contributed by atoms with E-state index in [1.807, 2.05) is 18.5 Å². The summed E-state index contributed by atoms with van der Waals surface area (Å²) >= 11 is 0. The first-order chi connectivity index (χ1) is 7.04. The van der Waals surface area contributed by atoms with Crippen molar-refractivity contribution in [2.75, 3.05) is 6.54 Å².